The number of benzene rings is 1. The zero-order valence-corrected chi connectivity index (χ0v) is 15.1. The molecule has 2 rings (SSSR count). The summed E-state index contributed by atoms with van der Waals surface area (Å²) >= 11 is 13.1. The summed E-state index contributed by atoms with van der Waals surface area (Å²) < 4.78 is 0.793. The predicted molar refractivity (Wildman–Crippen MR) is 102 cm³/mol. The molecule has 0 radical (unpaired) electrons. The van der Waals surface area contributed by atoms with Gasteiger partial charge in [-0.2, -0.15) is 0 Å². The van der Waals surface area contributed by atoms with Crippen LogP contribution in [0.1, 0.15) is 16.0 Å². The van der Waals surface area contributed by atoms with Crippen LogP contribution in [-0.2, 0) is 6.54 Å². The molecule has 1 heterocycles. The molecule has 0 fully saturated rings. The molecular weight excluding hydrogens is 332 g/mol. The Balaban J connectivity index is 2.12. The van der Waals surface area contributed by atoms with Gasteiger partial charge in [-0.3, -0.25) is 0 Å². The van der Waals surface area contributed by atoms with Crippen molar-refractivity contribution in [3.05, 3.63) is 63.3 Å². The van der Waals surface area contributed by atoms with Crippen molar-refractivity contribution in [3.63, 3.8) is 0 Å². The SMILES string of the molecule is C=CCN(Cc1ccc(Cl)s1)C(=S)Nc1cc(C)ccc1C. The van der Waals surface area contributed by atoms with Crippen LogP contribution in [0.25, 0.3) is 0 Å². The van der Waals surface area contributed by atoms with Crippen molar-refractivity contribution in [1.29, 1.82) is 0 Å². The lowest BCUT2D eigenvalue weighted by Crippen LogP contribution is -2.34. The molecule has 0 amide bonds. The van der Waals surface area contributed by atoms with Crippen LogP contribution in [0.15, 0.2) is 43.0 Å². The van der Waals surface area contributed by atoms with E-state index in [0.717, 1.165) is 16.6 Å². The molecule has 0 spiro atoms. The van der Waals surface area contributed by atoms with Crippen molar-refractivity contribution in [1.82, 2.24) is 4.90 Å². The number of nitrogens with one attached hydrogen (secondary N) is 1. The molecule has 5 heteroatoms. The lowest BCUT2D eigenvalue weighted by atomic mass is 10.1. The van der Waals surface area contributed by atoms with Gasteiger partial charge in [-0.25, -0.2) is 0 Å². The van der Waals surface area contributed by atoms with Crippen LogP contribution in [0.4, 0.5) is 5.69 Å². The quantitative estimate of drug-likeness (QED) is 0.573. The van der Waals surface area contributed by atoms with E-state index < -0.39 is 0 Å². The highest BCUT2D eigenvalue weighted by Crippen LogP contribution is 2.23. The Morgan fingerprint density at radius 2 is 2.14 bits per heavy atom. The van der Waals surface area contributed by atoms with Gasteiger partial charge in [0.2, 0.25) is 0 Å². The first-order chi connectivity index (χ1) is 10.5. The standard InChI is InChI=1S/C17H19ClN2S2/c1-4-9-20(11-14-7-8-16(18)22-14)17(21)19-15-10-12(2)5-6-13(15)3/h4-8,10H,1,9,11H2,2-3H3,(H,19,21). The van der Waals surface area contributed by atoms with Crippen molar-refractivity contribution >= 4 is 46.0 Å². The molecule has 0 unspecified atom stereocenters. The fourth-order valence-electron chi connectivity index (χ4n) is 2.06. The molecule has 2 nitrogen and oxygen atoms in total. The van der Waals surface area contributed by atoms with Crippen LogP contribution in [0.5, 0.6) is 0 Å². The molecule has 1 N–H and O–H groups in total. The fourth-order valence-corrected chi connectivity index (χ4v) is 3.42. The largest absolute Gasteiger partial charge is 0.340 e. The lowest BCUT2D eigenvalue weighted by molar-refractivity contribution is 0.468. The Morgan fingerprint density at radius 3 is 2.77 bits per heavy atom. The maximum absolute atomic E-state index is 6.00. The van der Waals surface area contributed by atoms with Crippen LogP contribution in [-0.4, -0.2) is 16.6 Å². The van der Waals surface area contributed by atoms with Crippen LogP contribution in [0.2, 0.25) is 4.34 Å². The lowest BCUT2D eigenvalue weighted by Gasteiger charge is -2.24. The number of hydrogen-bond acceptors (Lipinski definition) is 2. The number of nitrogens with zero attached hydrogens (tertiary/aromatic N) is 1. The van der Waals surface area contributed by atoms with Crippen LogP contribution >= 0.6 is 35.2 Å². The van der Waals surface area contributed by atoms with E-state index in [2.05, 4.69) is 48.8 Å². The molecule has 1 aromatic carbocycles. The summed E-state index contributed by atoms with van der Waals surface area (Å²) in [5, 5.41) is 4.04. The van der Waals surface area contributed by atoms with E-state index >= 15 is 0 Å². The van der Waals surface area contributed by atoms with E-state index in [-0.39, 0.29) is 0 Å². The van der Waals surface area contributed by atoms with Crippen molar-refractivity contribution in [2.24, 2.45) is 0 Å². The molecule has 0 atom stereocenters. The number of hydrogen-bond donors (Lipinski definition) is 1. The summed E-state index contributed by atoms with van der Waals surface area (Å²) in [6.07, 6.45) is 1.85. The van der Waals surface area contributed by atoms with Gasteiger partial charge in [-0.15, -0.1) is 17.9 Å². The second-order valence-corrected chi connectivity index (χ2v) is 7.31. The van der Waals surface area contributed by atoms with Gasteiger partial charge in [0, 0.05) is 17.1 Å². The molecule has 0 saturated carbocycles. The summed E-state index contributed by atoms with van der Waals surface area (Å²) in [5.74, 6) is 0. The normalized spacial score (nSPS) is 10.3. The van der Waals surface area contributed by atoms with Crippen molar-refractivity contribution in [2.45, 2.75) is 20.4 Å². The number of halogens is 1. The van der Waals surface area contributed by atoms with Gasteiger partial charge in [0.15, 0.2) is 5.11 Å². The van der Waals surface area contributed by atoms with E-state index in [1.807, 2.05) is 18.2 Å². The highest BCUT2D eigenvalue weighted by molar-refractivity contribution is 7.80. The summed E-state index contributed by atoms with van der Waals surface area (Å²) in [7, 11) is 0. The average molecular weight is 351 g/mol. The summed E-state index contributed by atoms with van der Waals surface area (Å²) in [5.41, 5.74) is 3.42. The highest BCUT2D eigenvalue weighted by Gasteiger charge is 2.11. The van der Waals surface area contributed by atoms with E-state index in [0.29, 0.717) is 11.7 Å². The van der Waals surface area contributed by atoms with Crippen molar-refractivity contribution in [2.75, 3.05) is 11.9 Å². The van der Waals surface area contributed by atoms with Gasteiger partial charge in [-0.05, 0) is 55.4 Å². The highest BCUT2D eigenvalue weighted by atomic mass is 35.5. The molecule has 1 aromatic heterocycles. The topological polar surface area (TPSA) is 15.3 Å². The number of rotatable bonds is 5. The predicted octanol–water partition coefficient (Wildman–Crippen LogP) is 5.40. The first kappa shape index (κ1) is 17.0. The molecular formula is C17H19ClN2S2. The summed E-state index contributed by atoms with van der Waals surface area (Å²) in [6, 6.07) is 10.2. The maximum Gasteiger partial charge on any atom is 0.174 e. The minimum Gasteiger partial charge on any atom is -0.340 e. The second-order valence-electron chi connectivity index (χ2n) is 5.12. The van der Waals surface area contributed by atoms with E-state index in [9.17, 15) is 0 Å². The van der Waals surface area contributed by atoms with Gasteiger partial charge in [0.1, 0.15) is 0 Å². The van der Waals surface area contributed by atoms with Gasteiger partial charge in [0.05, 0.1) is 10.9 Å². The van der Waals surface area contributed by atoms with Gasteiger partial charge < -0.3 is 10.2 Å². The number of thiocarbonyl (C=S) groups is 1. The molecule has 0 bridgehead atoms. The Kier molecular flexibility index (Phi) is 6.00. The Hall–Kier alpha value is -1.36. The molecule has 116 valence electrons. The van der Waals surface area contributed by atoms with Crippen LogP contribution in [0, 0.1) is 13.8 Å². The third-order valence-corrected chi connectivity index (χ3v) is 4.82. The Labute approximate surface area is 146 Å². The molecule has 2 aromatic rings. The second kappa shape index (κ2) is 7.77. The molecule has 22 heavy (non-hydrogen) atoms. The smallest absolute Gasteiger partial charge is 0.174 e. The summed E-state index contributed by atoms with van der Waals surface area (Å²) in [4.78, 5) is 3.25. The Bertz CT molecular complexity index is 679. The molecule has 0 aliphatic rings. The molecule has 0 aliphatic carbocycles. The summed E-state index contributed by atoms with van der Waals surface area (Å²) in [6.45, 7) is 9.37. The van der Waals surface area contributed by atoms with Crippen molar-refractivity contribution < 1.29 is 0 Å². The first-order valence-corrected chi connectivity index (χ1v) is 8.58. The monoisotopic (exact) mass is 350 g/mol. The van der Waals surface area contributed by atoms with Crippen LogP contribution in [0.3, 0.4) is 0 Å². The van der Waals surface area contributed by atoms with Crippen molar-refractivity contribution in [3.8, 4) is 0 Å². The fraction of sp³-hybridized carbons (Fsp3) is 0.235. The number of aryl methyl sites for hydroxylation is 2. The number of thiophene rings is 1. The minimum absolute atomic E-state index is 0.687. The van der Waals surface area contributed by atoms with E-state index in [1.165, 1.54) is 16.0 Å². The van der Waals surface area contributed by atoms with E-state index in [1.54, 1.807) is 11.3 Å². The van der Waals surface area contributed by atoms with Gasteiger partial charge >= 0.3 is 0 Å². The van der Waals surface area contributed by atoms with Crippen LogP contribution < -0.4 is 5.32 Å². The first-order valence-electron chi connectivity index (χ1n) is 6.98. The van der Waals surface area contributed by atoms with E-state index in [4.69, 9.17) is 23.8 Å². The minimum atomic E-state index is 0.687. The average Bonchev–Trinajstić information content (AvgIpc) is 2.88. The zero-order chi connectivity index (χ0) is 16.1. The maximum atomic E-state index is 6.00. The van der Waals surface area contributed by atoms with Gasteiger partial charge in [0.25, 0.3) is 0 Å². The Morgan fingerprint density at radius 1 is 1.36 bits per heavy atom. The third-order valence-electron chi connectivity index (χ3n) is 3.25. The zero-order valence-electron chi connectivity index (χ0n) is 12.7. The molecule has 0 saturated heterocycles. The third kappa shape index (κ3) is 4.57. The van der Waals surface area contributed by atoms with Gasteiger partial charge in [-0.1, -0.05) is 29.8 Å². The number of anilines is 1. The molecule has 0 aliphatic heterocycles.